The Bertz CT molecular complexity index is 940. The van der Waals surface area contributed by atoms with Crippen LogP contribution in [-0.2, 0) is 4.79 Å². The van der Waals surface area contributed by atoms with E-state index in [0.717, 1.165) is 19.3 Å². The lowest BCUT2D eigenvalue weighted by Crippen LogP contribution is -2.69. The van der Waals surface area contributed by atoms with Gasteiger partial charge in [-0.1, -0.05) is 52.3 Å². The molecule has 4 aliphatic carbocycles. The van der Waals surface area contributed by atoms with Crippen molar-refractivity contribution in [2.75, 3.05) is 0 Å². The first-order valence-electron chi connectivity index (χ1n) is 11.3. The lowest BCUT2D eigenvalue weighted by atomic mass is 9.38. The molecule has 0 unspecified atom stereocenters. The normalized spacial score (nSPS) is 49.2. The molecule has 2 N–H and O–H groups in total. The van der Waals surface area contributed by atoms with Crippen LogP contribution in [0.25, 0.3) is 0 Å². The smallest absolute Gasteiger partial charge is 0.161 e. The highest BCUT2D eigenvalue weighted by Gasteiger charge is 2.70. The van der Waals surface area contributed by atoms with E-state index < -0.39 is 23.0 Å². The zero-order valence-electron chi connectivity index (χ0n) is 18.7. The van der Waals surface area contributed by atoms with Crippen LogP contribution in [0.5, 0.6) is 0 Å². The zero-order valence-corrected chi connectivity index (χ0v) is 18.7. The number of aliphatic hydroxyl groups excluding tert-OH is 2. The van der Waals surface area contributed by atoms with Gasteiger partial charge in [0.05, 0.1) is 24.7 Å². The van der Waals surface area contributed by atoms with Crippen LogP contribution in [0.2, 0.25) is 0 Å². The van der Waals surface area contributed by atoms with Gasteiger partial charge < -0.3 is 14.6 Å². The van der Waals surface area contributed by atoms with Crippen LogP contribution in [0.15, 0.2) is 46.8 Å². The number of rotatable bonds is 1. The van der Waals surface area contributed by atoms with Crippen molar-refractivity contribution in [1.29, 1.82) is 0 Å². The van der Waals surface area contributed by atoms with Crippen LogP contribution in [0, 0.1) is 33.5 Å². The van der Waals surface area contributed by atoms with Gasteiger partial charge in [-0.3, -0.25) is 4.79 Å². The van der Waals surface area contributed by atoms with E-state index in [2.05, 4.69) is 39.0 Å². The van der Waals surface area contributed by atoms with E-state index in [1.807, 2.05) is 20.1 Å². The minimum Gasteiger partial charge on any atom is -0.472 e. The first-order chi connectivity index (χ1) is 14.0. The summed E-state index contributed by atoms with van der Waals surface area (Å²) in [6.07, 6.45) is 10.8. The summed E-state index contributed by atoms with van der Waals surface area (Å²) in [5.74, 6) is 0.241. The average molecular weight is 411 g/mol. The van der Waals surface area contributed by atoms with E-state index in [1.54, 1.807) is 12.3 Å². The van der Waals surface area contributed by atoms with Gasteiger partial charge in [-0.15, -0.1) is 0 Å². The van der Waals surface area contributed by atoms with Gasteiger partial charge in [-0.25, -0.2) is 0 Å². The predicted octanol–water partition coefficient (Wildman–Crippen LogP) is 4.64. The second kappa shape index (κ2) is 5.98. The number of hydrogen-bond donors (Lipinski definition) is 2. The molecule has 0 bridgehead atoms. The number of carbonyl (C=O) groups is 1. The Hall–Kier alpha value is -1.65. The van der Waals surface area contributed by atoms with E-state index in [0.29, 0.717) is 5.92 Å². The van der Waals surface area contributed by atoms with Gasteiger partial charge in [0, 0.05) is 16.7 Å². The molecule has 4 heteroatoms. The summed E-state index contributed by atoms with van der Waals surface area (Å²) in [6, 6.07) is 2.06. The Labute approximate surface area is 179 Å². The van der Waals surface area contributed by atoms with Gasteiger partial charge in [-0.05, 0) is 59.6 Å². The first-order valence-corrected chi connectivity index (χ1v) is 11.3. The lowest BCUT2D eigenvalue weighted by molar-refractivity contribution is -0.216. The predicted molar refractivity (Wildman–Crippen MR) is 115 cm³/mol. The molecule has 0 saturated heterocycles. The largest absolute Gasteiger partial charge is 0.472 e. The van der Waals surface area contributed by atoms with Crippen LogP contribution in [0.3, 0.4) is 0 Å². The maximum Gasteiger partial charge on any atom is 0.161 e. The van der Waals surface area contributed by atoms with Crippen LogP contribution in [0.1, 0.15) is 65.4 Å². The lowest BCUT2D eigenvalue weighted by Gasteiger charge is -2.67. The van der Waals surface area contributed by atoms with Gasteiger partial charge in [0.15, 0.2) is 5.78 Å². The molecule has 30 heavy (non-hydrogen) atoms. The van der Waals surface area contributed by atoms with Crippen LogP contribution < -0.4 is 0 Å². The van der Waals surface area contributed by atoms with E-state index in [9.17, 15) is 15.0 Å². The summed E-state index contributed by atoms with van der Waals surface area (Å²) in [7, 11) is 0. The molecule has 0 radical (unpaired) electrons. The van der Waals surface area contributed by atoms with Gasteiger partial charge in [-0.2, -0.15) is 0 Å². The molecule has 1 heterocycles. The maximum absolute atomic E-state index is 12.7. The van der Waals surface area contributed by atoms with Crippen molar-refractivity contribution < 1.29 is 19.4 Å². The first kappa shape index (κ1) is 20.3. The molecule has 1 aromatic rings. The van der Waals surface area contributed by atoms with Crippen LogP contribution in [0.4, 0.5) is 0 Å². The van der Waals surface area contributed by atoms with Crippen molar-refractivity contribution in [2.24, 2.45) is 33.5 Å². The Balaban J connectivity index is 1.64. The molecule has 2 saturated carbocycles. The summed E-state index contributed by atoms with van der Waals surface area (Å²) >= 11 is 0. The molecule has 1 aromatic heterocycles. The van der Waals surface area contributed by atoms with E-state index in [1.165, 1.54) is 11.1 Å². The fourth-order valence-electron chi connectivity index (χ4n) is 8.46. The Morgan fingerprint density at radius 2 is 1.87 bits per heavy atom. The molecule has 2 fully saturated rings. The number of furan rings is 1. The molecule has 0 aliphatic heterocycles. The minimum atomic E-state index is -0.948. The Morgan fingerprint density at radius 3 is 2.53 bits per heavy atom. The van der Waals surface area contributed by atoms with E-state index in [4.69, 9.17) is 4.42 Å². The van der Waals surface area contributed by atoms with Crippen molar-refractivity contribution in [1.82, 2.24) is 0 Å². The third-order valence-electron chi connectivity index (χ3n) is 9.85. The van der Waals surface area contributed by atoms with Crippen molar-refractivity contribution in [3.05, 3.63) is 48.0 Å². The summed E-state index contributed by atoms with van der Waals surface area (Å²) in [6.45, 7) is 10.5. The monoisotopic (exact) mass is 410 g/mol. The van der Waals surface area contributed by atoms with Crippen LogP contribution in [-0.4, -0.2) is 28.2 Å². The Kier molecular flexibility index (Phi) is 4.04. The standard InChI is InChI=1S/C26H34O4/c1-23(2)19(27)9-12-25(4)18-8-11-24(3)16(15-10-13-30-14-15)6-7-17(24)26(18,5)22(29)20(28)21(23)25/h7,9-10,12-14,16,18,20-22,28-29H,6,8,11H2,1-5H3/t16-,18+,20+,21+,22+,24-,25+,26-/m0/s1. The quantitative estimate of drug-likeness (QED) is 0.662. The minimum absolute atomic E-state index is 0.0422. The number of aliphatic hydroxyl groups is 2. The number of ketones is 1. The van der Waals surface area contributed by atoms with Crippen molar-refractivity contribution >= 4 is 5.78 Å². The third-order valence-corrected chi connectivity index (χ3v) is 9.85. The van der Waals surface area contributed by atoms with E-state index in [-0.39, 0.29) is 28.4 Å². The second-order valence-electron chi connectivity index (χ2n) is 11.5. The molecule has 4 nitrogen and oxygen atoms in total. The number of hydrogen-bond acceptors (Lipinski definition) is 4. The summed E-state index contributed by atoms with van der Waals surface area (Å²) in [5.41, 5.74) is 0.854. The molecular formula is C26H34O4. The highest BCUT2D eigenvalue weighted by molar-refractivity contribution is 5.96. The SMILES string of the molecule is CC1(C)C(=O)C=C[C@@]2(C)[C@@H]1[C@@H](O)[C@@H](O)[C@@]1(C)C3=CC[C@@H](c4ccoc4)[C@]3(C)CC[C@H]21. The topological polar surface area (TPSA) is 70.7 Å². The van der Waals surface area contributed by atoms with Gasteiger partial charge in [0.1, 0.15) is 0 Å². The van der Waals surface area contributed by atoms with Crippen molar-refractivity contribution in [2.45, 2.75) is 72.0 Å². The molecule has 0 aromatic carbocycles. The van der Waals surface area contributed by atoms with Crippen molar-refractivity contribution in [3.63, 3.8) is 0 Å². The molecule has 0 amide bonds. The average Bonchev–Trinajstić information content (AvgIpc) is 3.31. The number of allylic oxidation sites excluding steroid dienone is 3. The maximum atomic E-state index is 12.7. The Morgan fingerprint density at radius 1 is 1.13 bits per heavy atom. The molecule has 5 rings (SSSR count). The fourth-order valence-corrected chi connectivity index (χ4v) is 8.46. The number of fused-ring (bicyclic) bond motifs is 5. The zero-order chi connectivity index (χ0) is 21.7. The molecule has 4 aliphatic rings. The van der Waals surface area contributed by atoms with Gasteiger partial charge >= 0.3 is 0 Å². The molecular weight excluding hydrogens is 376 g/mol. The molecule has 0 spiro atoms. The highest BCUT2D eigenvalue weighted by Crippen LogP contribution is 2.72. The van der Waals surface area contributed by atoms with Gasteiger partial charge in [0.25, 0.3) is 0 Å². The summed E-state index contributed by atoms with van der Waals surface area (Å²) < 4.78 is 5.39. The van der Waals surface area contributed by atoms with Crippen molar-refractivity contribution in [3.8, 4) is 0 Å². The fraction of sp³-hybridized carbons (Fsp3) is 0.654. The third kappa shape index (κ3) is 2.17. The number of carbonyl (C=O) groups excluding carboxylic acids is 1. The van der Waals surface area contributed by atoms with Crippen LogP contribution >= 0.6 is 0 Å². The highest BCUT2D eigenvalue weighted by atomic mass is 16.3. The molecule has 8 atom stereocenters. The summed E-state index contributed by atoms with van der Waals surface area (Å²) in [4.78, 5) is 12.7. The summed E-state index contributed by atoms with van der Waals surface area (Å²) in [5, 5.41) is 23.1. The van der Waals surface area contributed by atoms with Gasteiger partial charge in [0.2, 0.25) is 0 Å². The van der Waals surface area contributed by atoms with E-state index >= 15 is 0 Å². The molecule has 162 valence electrons. The second-order valence-corrected chi connectivity index (χ2v) is 11.5.